The number of hydrogen-bond acceptors (Lipinski definition) is 13. The van der Waals surface area contributed by atoms with Crippen molar-refractivity contribution in [3.05, 3.63) is 23.9 Å². The Kier molecular flexibility index (Phi) is 11.0. The maximum Gasteiger partial charge on any atom is 1.00 e. The summed E-state index contributed by atoms with van der Waals surface area (Å²) in [6.45, 7) is 5.64. The van der Waals surface area contributed by atoms with Crippen molar-refractivity contribution in [2.75, 3.05) is 5.73 Å². The van der Waals surface area contributed by atoms with Crippen LogP contribution in [0.2, 0.25) is 0 Å². The number of anilines is 1. The maximum atomic E-state index is 11.2. The zero-order valence-corrected chi connectivity index (χ0v) is 23.9. The quantitative estimate of drug-likeness (QED) is 0.0510. The first-order valence-electron chi connectivity index (χ1n) is 8.31. The minimum atomic E-state index is -4.64. The molecule has 0 aliphatic rings. The second kappa shape index (κ2) is 12.1. The molecule has 0 amide bonds. The molecule has 164 valence electrons. The van der Waals surface area contributed by atoms with E-state index in [2.05, 4.69) is 41.2 Å². The molecule has 3 aromatic rings. The summed E-state index contributed by atoms with van der Waals surface area (Å²) in [5.74, 6) is 0.108. The Morgan fingerprint density at radius 2 is 1.97 bits per heavy atom. The van der Waals surface area contributed by atoms with Gasteiger partial charge < -0.3 is 20.1 Å². The second-order valence-electron chi connectivity index (χ2n) is 7.00. The van der Waals surface area contributed by atoms with E-state index in [1.807, 2.05) is 20.8 Å². The summed E-state index contributed by atoms with van der Waals surface area (Å²) in [6.07, 6.45) is 0. The summed E-state index contributed by atoms with van der Waals surface area (Å²) in [6, 6.07) is 6.06. The molecule has 1 aromatic carbocycles. The Labute approximate surface area is 236 Å². The van der Waals surface area contributed by atoms with Crippen molar-refractivity contribution in [3.8, 4) is 11.3 Å². The number of nitrogen functional groups attached to an aromatic ring is 1. The molecule has 0 fully saturated rings. The average Bonchev–Trinajstić information content (AvgIpc) is 3.23. The van der Waals surface area contributed by atoms with Crippen LogP contribution >= 0.6 is 12.0 Å². The number of azo groups is 1. The first-order valence-corrected chi connectivity index (χ1v) is 10.5. The topological polar surface area (TPSA) is 193 Å². The summed E-state index contributed by atoms with van der Waals surface area (Å²) >= 11 is 0.441. The third-order valence-electron chi connectivity index (χ3n) is 3.82. The van der Waals surface area contributed by atoms with Gasteiger partial charge in [0.1, 0.15) is 22.2 Å². The molecule has 3 rings (SSSR count). The van der Waals surface area contributed by atoms with E-state index < -0.39 is 20.4 Å². The van der Waals surface area contributed by atoms with Gasteiger partial charge in [0.25, 0.3) is 0 Å². The fourth-order valence-corrected chi connectivity index (χ4v) is 3.11. The van der Waals surface area contributed by atoms with E-state index in [1.54, 1.807) is 0 Å². The molecule has 0 atom stereocenters. The normalized spacial score (nSPS) is 11.7. The van der Waals surface area contributed by atoms with Crippen molar-refractivity contribution in [1.29, 1.82) is 0 Å². The molecule has 0 radical (unpaired) electrons. The van der Waals surface area contributed by atoms with Crippen LogP contribution in [-0.2, 0) is 24.9 Å². The number of nitrogens with two attached hydrogens (primary N) is 1. The van der Waals surface area contributed by atoms with E-state index in [4.69, 9.17) is 10.3 Å². The Balaban J connectivity index is 0.00000272. The fraction of sp³-hybridized carbons (Fsp3) is 0.250. The molecule has 2 heterocycles. The van der Waals surface area contributed by atoms with E-state index in [0.717, 1.165) is 16.8 Å². The summed E-state index contributed by atoms with van der Waals surface area (Å²) in [7, 11) is -4.64. The number of fused-ring (bicyclic) bond motifs is 1. The zero-order valence-electron chi connectivity index (χ0n) is 18.2. The molecule has 0 spiro atoms. The minimum Gasteiger partial charge on any atom is -0.744 e. The molecule has 0 saturated carbocycles. The summed E-state index contributed by atoms with van der Waals surface area (Å²) < 4.78 is 43.7. The molecule has 0 aliphatic heterocycles. The number of nitrogens with zero attached hydrogens (tertiary/aromatic N) is 5. The van der Waals surface area contributed by atoms with E-state index in [1.165, 1.54) is 6.07 Å². The Morgan fingerprint density at radius 3 is 2.58 bits per heavy atom. The Bertz CT molecular complexity index is 1320. The van der Waals surface area contributed by atoms with Crippen molar-refractivity contribution in [1.82, 2.24) is 14.9 Å². The first-order chi connectivity index (χ1) is 14.5. The van der Waals surface area contributed by atoms with E-state index in [9.17, 15) is 18.2 Å². The summed E-state index contributed by atoms with van der Waals surface area (Å²) in [5, 5.41) is 32.0. The summed E-state index contributed by atoms with van der Waals surface area (Å²) in [4.78, 5) is -0.456. The van der Waals surface area contributed by atoms with Crippen LogP contribution < -0.4 is 70.1 Å². The number of rotatable bonds is 5. The van der Waals surface area contributed by atoms with Crippen LogP contribution in [0.15, 0.2) is 37.8 Å². The van der Waals surface area contributed by atoms with Gasteiger partial charge in [0.05, 0.1) is 22.0 Å². The monoisotopic (exact) mass is 512 g/mol. The molecule has 33 heavy (non-hydrogen) atoms. The van der Waals surface area contributed by atoms with Gasteiger partial charge in [-0.2, -0.15) is 14.1 Å². The van der Waals surface area contributed by atoms with Gasteiger partial charge >= 0.3 is 59.1 Å². The fourth-order valence-electron chi connectivity index (χ4n) is 2.43. The second-order valence-corrected chi connectivity index (χ2v) is 8.88. The zero-order chi connectivity index (χ0) is 22.8. The number of benzene rings is 1. The largest absolute Gasteiger partial charge is 1.00 e. The standard InChI is InChI=1S/C16H16N6O7S2.2Na/c1-16(2,3)13-12(14(17)22(20-13)6-7-30-29-28-23)18-19-15-10-5-4-9(31(24,25)26)8-11(10)27-21-15;;/h4-5,8,23H,17H2,1-3H3,(H,24,25,26);;/q;2*+1/p-2. The minimum absolute atomic E-state index is 0. The molecule has 0 unspecified atom stereocenters. The summed E-state index contributed by atoms with van der Waals surface area (Å²) in [5.41, 5.74) is 6.35. The van der Waals surface area contributed by atoms with Gasteiger partial charge in [-0.3, -0.25) is 5.04 Å². The molecular formula is C16H14N6Na2O7S2. The van der Waals surface area contributed by atoms with Gasteiger partial charge in [0.15, 0.2) is 17.1 Å². The maximum absolute atomic E-state index is 11.2. The third-order valence-corrected chi connectivity index (χ3v) is 4.95. The van der Waals surface area contributed by atoms with E-state index in [0.29, 0.717) is 23.1 Å². The smallest absolute Gasteiger partial charge is 0.744 e. The predicted octanol–water partition coefficient (Wildman–Crippen LogP) is -4.13. The molecule has 0 bridgehead atoms. The van der Waals surface area contributed by atoms with Crippen LogP contribution in [0.5, 0.6) is 0 Å². The predicted molar refractivity (Wildman–Crippen MR) is 104 cm³/mol. The van der Waals surface area contributed by atoms with E-state index in [-0.39, 0.29) is 82.0 Å². The van der Waals surface area contributed by atoms with Crippen LogP contribution in [0.3, 0.4) is 0 Å². The molecule has 0 aliphatic carbocycles. The van der Waals surface area contributed by atoms with Crippen LogP contribution in [-0.4, -0.2) is 27.9 Å². The van der Waals surface area contributed by atoms with Gasteiger partial charge in [-0.15, -0.1) is 10.2 Å². The SMILES string of the molecule is CC(C)(C)c1nn(C#CSOO[O-])c(N)c1N=Nc1noc2cc(S(=O)(=O)[O-])ccc12.[Na+].[Na+]. The first kappa shape index (κ1) is 30.0. The number of hydrogen-bond donors (Lipinski definition) is 1. The molecule has 13 nitrogen and oxygen atoms in total. The molecular weight excluding hydrogens is 498 g/mol. The Morgan fingerprint density at radius 1 is 1.27 bits per heavy atom. The van der Waals surface area contributed by atoms with Gasteiger partial charge in [0, 0.05) is 16.7 Å². The number of aromatic nitrogens is 3. The molecule has 17 heteroatoms. The van der Waals surface area contributed by atoms with Gasteiger partial charge in [0.2, 0.25) is 5.82 Å². The average molecular weight is 512 g/mol. The molecule has 2 N–H and O–H groups in total. The van der Waals surface area contributed by atoms with Gasteiger partial charge in [-0.05, 0) is 12.1 Å². The molecule has 0 saturated heterocycles. The molecule has 2 aromatic heterocycles. The van der Waals surface area contributed by atoms with Gasteiger partial charge in [-0.25, -0.2) is 8.42 Å². The van der Waals surface area contributed by atoms with Crippen molar-refractivity contribution < 1.29 is 91.2 Å². The van der Waals surface area contributed by atoms with E-state index >= 15 is 0 Å². The van der Waals surface area contributed by atoms with Crippen LogP contribution in [0, 0.1) is 11.3 Å². The van der Waals surface area contributed by atoms with Crippen molar-refractivity contribution >= 4 is 50.5 Å². The van der Waals surface area contributed by atoms with Crippen LogP contribution in [0.1, 0.15) is 26.5 Å². The third kappa shape index (κ3) is 7.24. The van der Waals surface area contributed by atoms with Crippen LogP contribution in [0.25, 0.3) is 11.0 Å². The van der Waals surface area contributed by atoms with Crippen LogP contribution in [0.4, 0.5) is 17.3 Å². The van der Waals surface area contributed by atoms with Crippen molar-refractivity contribution in [2.24, 2.45) is 10.2 Å². The van der Waals surface area contributed by atoms with Crippen molar-refractivity contribution in [3.63, 3.8) is 0 Å². The Hall–Kier alpha value is -1.000. The van der Waals surface area contributed by atoms with Gasteiger partial charge in [-0.1, -0.05) is 25.9 Å². The van der Waals surface area contributed by atoms with Crippen molar-refractivity contribution in [2.45, 2.75) is 31.1 Å².